The molecular weight excluding hydrogens is 446 g/mol. The quantitative estimate of drug-likeness (QED) is 0.234. The molecule has 2 amide bonds. The minimum atomic E-state index is -0.570. The van der Waals surface area contributed by atoms with Crippen molar-refractivity contribution in [1.29, 1.82) is 0 Å². The molecule has 0 atom stereocenters. The van der Waals surface area contributed by atoms with E-state index in [2.05, 4.69) is 31.8 Å². The largest absolute Gasteiger partial charge is 0.448 e. The Hall–Kier alpha value is -3.71. The second kappa shape index (κ2) is 10.7. The fraction of sp³-hybridized carbons (Fsp3) is 0. The molecule has 0 aliphatic carbocycles. The van der Waals surface area contributed by atoms with E-state index in [9.17, 15) is 9.59 Å². The van der Waals surface area contributed by atoms with Crippen LogP contribution >= 0.6 is 15.9 Å². The van der Waals surface area contributed by atoms with Gasteiger partial charge in [0.15, 0.2) is 4.67 Å². The van der Waals surface area contributed by atoms with Crippen molar-refractivity contribution in [3.63, 3.8) is 0 Å². The molecule has 2 N–H and O–H groups in total. The molecule has 3 rings (SSSR count). The summed E-state index contributed by atoms with van der Waals surface area (Å²) in [5.74, 6) is -0.507. The van der Waals surface area contributed by atoms with Crippen molar-refractivity contribution >= 4 is 40.0 Å². The summed E-state index contributed by atoms with van der Waals surface area (Å²) in [7, 11) is 0. The van der Waals surface area contributed by atoms with Gasteiger partial charge in [0.05, 0.1) is 6.21 Å². The Morgan fingerprint density at radius 3 is 2.30 bits per heavy atom. The Morgan fingerprint density at radius 2 is 1.63 bits per heavy atom. The third kappa shape index (κ3) is 6.42. The van der Waals surface area contributed by atoms with Crippen LogP contribution in [0.5, 0.6) is 0 Å². The van der Waals surface area contributed by atoms with Crippen LogP contribution in [0.15, 0.2) is 105 Å². The van der Waals surface area contributed by atoms with E-state index in [0.29, 0.717) is 16.0 Å². The Balaban J connectivity index is 1.74. The molecule has 0 saturated heterocycles. The lowest BCUT2D eigenvalue weighted by atomic mass is 10.2. The highest BCUT2D eigenvalue weighted by atomic mass is 79.9. The van der Waals surface area contributed by atoms with Crippen LogP contribution in [0.2, 0.25) is 0 Å². The number of furan rings is 1. The highest BCUT2D eigenvalue weighted by molar-refractivity contribution is 9.10. The van der Waals surface area contributed by atoms with E-state index >= 15 is 0 Å². The number of hydrogen-bond donors (Lipinski definition) is 2. The van der Waals surface area contributed by atoms with Crippen LogP contribution in [0.3, 0.4) is 0 Å². The zero-order valence-corrected chi connectivity index (χ0v) is 17.4. The number of nitrogens with one attached hydrogen (secondary N) is 2. The van der Waals surface area contributed by atoms with Crippen molar-refractivity contribution in [3.8, 4) is 0 Å². The lowest BCUT2D eigenvalue weighted by molar-refractivity contribution is -0.117. The minimum Gasteiger partial charge on any atom is -0.448 e. The number of hydrogen-bond acceptors (Lipinski definition) is 4. The molecule has 0 aliphatic rings. The van der Waals surface area contributed by atoms with Gasteiger partial charge in [0.2, 0.25) is 0 Å². The zero-order chi connectivity index (χ0) is 21.2. The summed E-state index contributed by atoms with van der Waals surface area (Å²) in [5.41, 5.74) is 3.83. The number of carbonyl (C=O) groups is 2. The van der Waals surface area contributed by atoms with Crippen LogP contribution in [-0.2, 0) is 4.79 Å². The number of rotatable bonds is 7. The van der Waals surface area contributed by atoms with Gasteiger partial charge in [-0.3, -0.25) is 9.59 Å². The van der Waals surface area contributed by atoms with E-state index in [4.69, 9.17) is 4.42 Å². The fourth-order valence-corrected chi connectivity index (χ4v) is 2.71. The molecule has 0 unspecified atom stereocenters. The average molecular weight is 464 g/mol. The maximum Gasteiger partial charge on any atom is 0.287 e. The van der Waals surface area contributed by atoms with Crippen LogP contribution in [0.1, 0.15) is 21.7 Å². The number of amides is 2. The third-order valence-electron chi connectivity index (χ3n) is 3.83. The second-order valence-electron chi connectivity index (χ2n) is 6.01. The van der Waals surface area contributed by atoms with Crippen molar-refractivity contribution < 1.29 is 14.0 Å². The molecule has 3 aromatic rings. The Kier molecular flexibility index (Phi) is 7.51. The van der Waals surface area contributed by atoms with Gasteiger partial charge < -0.3 is 9.73 Å². The molecule has 0 saturated carbocycles. The maximum absolute atomic E-state index is 12.6. The van der Waals surface area contributed by atoms with Crippen LogP contribution in [-0.4, -0.2) is 18.0 Å². The van der Waals surface area contributed by atoms with Gasteiger partial charge in [-0.2, -0.15) is 5.10 Å². The van der Waals surface area contributed by atoms with E-state index in [0.717, 1.165) is 5.56 Å². The molecule has 1 heterocycles. The first-order valence-corrected chi connectivity index (χ1v) is 9.80. The normalized spacial score (nSPS) is 11.7. The molecule has 0 radical (unpaired) electrons. The number of hydrazone groups is 1. The minimum absolute atomic E-state index is 0.0498. The fourth-order valence-electron chi connectivity index (χ4n) is 2.39. The van der Waals surface area contributed by atoms with Crippen molar-refractivity contribution in [2.45, 2.75) is 0 Å². The summed E-state index contributed by atoms with van der Waals surface area (Å²) in [5, 5.41) is 6.49. The Morgan fingerprint density at radius 1 is 0.933 bits per heavy atom. The van der Waals surface area contributed by atoms with Crippen LogP contribution in [0.25, 0.3) is 6.08 Å². The Labute approximate surface area is 182 Å². The van der Waals surface area contributed by atoms with Crippen molar-refractivity contribution in [2.75, 3.05) is 0 Å². The number of halogens is 1. The van der Waals surface area contributed by atoms with Gasteiger partial charge in [0.25, 0.3) is 11.8 Å². The van der Waals surface area contributed by atoms with E-state index in [1.54, 1.807) is 42.5 Å². The van der Waals surface area contributed by atoms with Gasteiger partial charge in [-0.05, 0) is 51.8 Å². The molecular formula is C23H18BrN3O3. The van der Waals surface area contributed by atoms with E-state index in [1.165, 1.54) is 12.3 Å². The number of carbonyl (C=O) groups excluding carboxylic acids is 2. The van der Waals surface area contributed by atoms with Crippen molar-refractivity contribution in [3.05, 3.63) is 112 Å². The van der Waals surface area contributed by atoms with Gasteiger partial charge >= 0.3 is 0 Å². The van der Waals surface area contributed by atoms with E-state index in [-0.39, 0.29) is 5.70 Å². The van der Waals surface area contributed by atoms with Gasteiger partial charge in [0, 0.05) is 5.56 Å². The SMILES string of the molecule is O=C(N/N=C/c1ccc(Br)o1)/C(=C/C=C/c1ccccc1)NC(=O)c1ccccc1. The molecule has 7 heteroatoms. The molecule has 1 aromatic heterocycles. The van der Waals surface area contributed by atoms with Gasteiger partial charge in [-0.25, -0.2) is 5.43 Å². The topological polar surface area (TPSA) is 83.7 Å². The number of nitrogens with zero attached hydrogens (tertiary/aromatic N) is 1. The molecule has 0 bridgehead atoms. The van der Waals surface area contributed by atoms with Crippen molar-refractivity contribution in [1.82, 2.24) is 10.7 Å². The van der Waals surface area contributed by atoms with Crippen LogP contribution < -0.4 is 10.7 Å². The summed E-state index contributed by atoms with van der Waals surface area (Å²) in [6, 6.07) is 21.6. The first kappa shape index (κ1) is 21.0. The zero-order valence-electron chi connectivity index (χ0n) is 15.8. The molecule has 6 nitrogen and oxygen atoms in total. The van der Waals surface area contributed by atoms with E-state index < -0.39 is 11.8 Å². The highest BCUT2D eigenvalue weighted by Gasteiger charge is 2.13. The molecule has 30 heavy (non-hydrogen) atoms. The summed E-state index contributed by atoms with van der Waals surface area (Å²) in [6.45, 7) is 0. The second-order valence-corrected chi connectivity index (χ2v) is 6.79. The average Bonchev–Trinajstić information content (AvgIpc) is 3.19. The molecule has 150 valence electrons. The first-order valence-electron chi connectivity index (χ1n) is 9.00. The predicted octanol–water partition coefficient (Wildman–Crippen LogP) is 4.52. The summed E-state index contributed by atoms with van der Waals surface area (Å²) in [6.07, 6.45) is 6.38. The van der Waals surface area contributed by atoms with Crippen LogP contribution in [0.4, 0.5) is 0 Å². The molecule has 0 fully saturated rings. The maximum atomic E-state index is 12.6. The summed E-state index contributed by atoms with van der Waals surface area (Å²) in [4.78, 5) is 25.0. The third-order valence-corrected chi connectivity index (χ3v) is 4.26. The smallest absolute Gasteiger partial charge is 0.287 e. The molecule has 0 spiro atoms. The highest BCUT2D eigenvalue weighted by Crippen LogP contribution is 2.12. The first-order chi connectivity index (χ1) is 14.6. The summed E-state index contributed by atoms with van der Waals surface area (Å²) >= 11 is 3.19. The Bertz CT molecular complexity index is 1090. The van der Waals surface area contributed by atoms with Gasteiger partial charge in [-0.15, -0.1) is 0 Å². The van der Waals surface area contributed by atoms with E-state index in [1.807, 2.05) is 42.5 Å². The lowest BCUT2D eigenvalue weighted by Gasteiger charge is -2.08. The predicted molar refractivity (Wildman–Crippen MR) is 120 cm³/mol. The van der Waals surface area contributed by atoms with Gasteiger partial charge in [0.1, 0.15) is 11.5 Å². The molecule has 2 aromatic carbocycles. The molecule has 0 aliphatic heterocycles. The van der Waals surface area contributed by atoms with Gasteiger partial charge in [-0.1, -0.05) is 60.7 Å². The monoisotopic (exact) mass is 463 g/mol. The number of allylic oxidation sites excluding steroid dienone is 2. The number of benzene rings is 2. The van der Waals surface area contributed by atoms with Crippen molar-refractivity contribution in [2.24, 2.45) is 5.10 Å². The van der Waals surface area contributed by atoms with Crippen LogP contribution in [0, 0.1) is 0 Å². The summed E-state index contributed by atoms with van der Waals surface area (Å²) < 4.78 is 5.84. The standard InChI is InChI=1S/C23H18BrN3O3/c24-21-15-14-19(30-21)16-25-27-23(29)20(13-7-10-17-8-3-1-4-9-17)26-22(28)18-11-5-2-6-12-18/h1-16H,(H,26,28)(H,27,29)/b10-7+,20-13-,25-16+. The lowest BCUT2D eigenvalue weighted by Crippen LogP contribution is -2.32.